The van der Waals surface area contributed by atoms with Crippen molar-refractivity contribution in [3.8, 4) is 0 Å². The molecule has 7 heteroatoms. The molecule has 0 saturated heterocycles. The maximum atomic E-state index is 12.5. The molecule has 0 spiro atoms. The molecule has 2 rings (SSSR count). The number of rotatable bonds is 9. The highest BCUT2D eigenvalue weighted by atomic mass is 35.5. The number of carbonyl (C=O) groups is 2. The minimum Gasteiger partial charge on any atom is -0.351 e. The summed E-state index contributed by atoms with van der Waals surface area (Å²) in [6.07, 6.45) is 1.05. The number of benzene rings is 1. The first-order valence-electron chi connectivity index (χ1n) is 8.04. The van der Waals surface area contributed by atoms with Crippen LogP contribution in [-0.2, 0) is 11.3 Å². The molecular formula is C18H24ClN3O2S. The quantitative estimate of drug-likeness (QED) is 0.701. The number of nitrogens with one attached hydrogen (secondary N) is 1. The number of hydrogen-bond acceptors (Lipinski definition) is 4. The van der Waals surface area contributed by atoms with Gasteiger partial charge in [0.15, 0.2) is 0 Å². The SMILES string of the molecule is Cl.NCCCN(Cc1ccccc1)C(=O)CCNC(=O)c1cccs1. The van der Waals surface area contributed by atoms with Crippen LogP contribution in [0.4, 0.5) is 0 Å². The largest absolute Gasteiger partial charge is 0.351 e. The van der Waals surface area contributed by atoms with Gasteiger partial charge in [0.25, 0.3) is 5.91 Å². The molecule has 1 heterocycles. The zero-order chi connectivity index (χ0) is 17.2. The Labute approximate surface area is 158 Å². The van der Waals surface area contributed by atoms with Crippen LogP contribution < -0.4 is 11.1 Å². The molecule has 5 nitrogen and oxygen atoms in total. The van der Waals surface area contributed by atoms with E-state index in [4.69, 9.17) is 5.73 Å². The summed E-state index contributed by atoms with van der Waals surface area (Å²) in [6, 6.07) is 13.5. The van der Waals surface area contributed by atoms with Crippen LogP contribution in [-0.4, -0.2) is 36.3 Å². The van der Waals surface area contributed by atoms with E-state index < -0.39 is 0 Å². The Morgan fingerprint density at radius 1 is 1.12 bits per heavy atom. The Morgan fingerprint density at radius 2 is 1.88 bits per heavy atom. The minimum absolute atomic E-state index is 0. The molecule has 0 radical (unpaired) electrons. The van der Waals surface area contributed by atoms with Crippen LogP contribution in [0.5, 0.6) is 0 Å². The lowest BCUT2D eigenvalue weighted by Crippen LogP contribution is -2.35. The molecule has 0 unspecified atom stereocenters. The summed E-state index contributed by atoms with van der Waals surface area (Å²) in [6.45, 7) is 2.08. The lowest BCUT2D eigenvalue weighted by Gasteiger charge is -2.23. The van der Waals surface area contributed by atoms with Gasteiger partial charge in [-0.3, -0.25) is 9.59 Å². The van der Waals surface area contributed by atoms with Crippen LogP contribution in [0.2, 0.25) is 0 Å². The minimum atomic E-state index is -0.130. The first kappa shape index (κ1) is 21.2. The summed E-state index contributed by atoms with van der Waals surface area (Å²) >= 11 is 1.39. The second kappa shape index (κ2) is 11.6. The van der Waals surface area contributed by atoms with E-state index in [0.29, 0.717) is 31.1 Å². The Morgan fingerprint density at radius 3 is 2.52 bits per heavy atom. The molecular weight excluding hydrogens is 358 g/mol. The number of hydrogen-bond donors (Lipinski definition) is 2. The number of nitrogens with zero attached hydrogens (tertiary/aromatic N) is 1. The molecule has 0 atom stereocenters. The van der Waals surface area contributed by atoms with Gasteiger partial charge >= 0.3 is 0 Å². The summed E-state index contributed by atoms with van der Waals surface area (Å²) in [5.41, 5.74) is 6.66. The van der Waals surface area contributed by atoms with Crippen molar-refractivity contribution in [2.45, 2.75) is 19.4 Å². The second-order valence-corrected chi connectivity index (χ2v) is 6.37. The van der Waals surface area contributed by atoms with Crippen LogP contribution in [0.15, 0.2) is 47.8 Å². The molecule has 0 aliphatic heterocycles. The predicted molar refractivity (Wildman–Crippen MR) is 104 cm³/mol. The van der Waals surface area contributed by atoms with Gasteiger partial charge in [-0.05, 0) is 30.0 Å². The van der Waals surface area contributed by atoms with Gasteiger partial charge in [-0.25, -0.2) is 0 Å². The molecule has 2 aromatic rings. The lowest BCUT2D eigenvalue weighted by molar-refractivity contribution is -0.131. The number of carbonyl (C=O) groups excluding carboxylic acids is 2. The van der Waals surface area contributed by atoms with Crippen LogP contribution >= 0.6 is 23.7 Å². The van der Waals surface area contributed by atoms with Gasteiger partial charge in [0.1, 0.15) is 0 Å². The molecule has 0 saturated carbocycles. The Bertz CT molecular complexity index is 635. The van der Waals surface area contributed by atoms with E-state index in [2.05, 4.69) is 5.32 Å². The Hall–Kier alpha value is -1.89. The third-order valence-electron chi connectivity index (χ3n) is 3.57. The monoisotopic (exact) mass is 381 g/mol. The number of nitrogens with two attached hydrogens (primary N) is 1. The highest BCUT2D eigenvalue weighted by molar-refractivity contribution is 7.12. The van der Waals surface area contributed by atoms with Crippen LogP contribution in [0.25, 0.3) is 0 Å². The van der Waals surface area contributed by atoms with E-state index in [-0.39, 0.29) is 30.6 Å². The van der Waals surface area contributed by atoms with Crippen molar-refractivity contribution in [2.75, 3.05) is 19.6 Å². The van der Waals surface area contributed by atoms with Gasteiger partial charge in [-0.15, -0.1) is 23.7 Å². The van der Waals surface area contributed by atoms with E-state index in [9.17, 15) is 9.59 Å². The smallest absolute Gasteiger partial charge is 0.261 e. The summed E-state index contributed by atoms with van der Waals surface area (Å²) in [5, 5.41) is 4.65. The second-order valence-electron chi connectivity index (χ2n) is 5.43. The zero-order valence-corrected chi connectivity index (χ0v) is 15.7. The van der Waals surface area contributed by atoms with E-state index in [1.165, 1.54) is 11.3 Å². The van der Waals surface area contributed by atoms with Crippen molar-refractivity contribution in [3.05, 3.63) is 58.3 Å². The van der Waals surface area contributed by atoms with Crippen molar-refractivity contribution in [1.82, 2.24) is 10.2 Å². The molecule has 25 heavy (non-hydrogen) atoms. The first-order chi connectivity index (χ1) is 11.7. The average molecular weight is 382 g/mol. The fourth-order valence-corrected chi connectivity index (χ4v) is 2.95. The maximum Gasteiger partial charge on any atom is 0.261 e. The molecule has 3 N–H and O–H groups in total. The number of halogens is 1. The summed E-state index contributed by atoms with van der Waals surface area (Å²) in [7, 11) is 0. The van der Waals surface area contributed by atoms with Crippen molar-refractivity contribution in [3.63, 3.8) is 0 Å². The summed E-state index contributed by atoms with van der Waals surface area (Å²) < 4.78 is 0. The molecule has 0 fully saturated rings. The average Bonchev–Trinajstić information content (AvgIpc) is 3.14. The molecule has 1 aromatic heterocycles. The van der Waals surface area contributed by atoms with Gasteiger partial charge in [0.05, 0.1) is 4.88 Å². The fraction of sp³-hybridized carbons (Fsp3) is 0.333. The van der Waals surface area contributed by atoms with Gasteiger partial charge in [0, 0.05) is 26.1 Å². The van der Waals surface area contributed by atoms with Crippen LogP contribution in [0.1, 0.15) is 28.1 Å². The predicted octanol–water partition coefficient (Wildman–Crippen LogP) is 2.67. The van der Waals surface area contributed by atoms with Crippen molar-refractivity contribution in [1.29, 1.82) is 0 Å². The van der Waals surface area contributed by atoms with E-state index in [1.807, 2.05) is 41.8 Å². The fourth-order valence-electron chi connectivity index (χ4n) is 2.31. The summed E-state index contributed by atoms with van der Waals surface area (Å²) in [5.74, 6) is -0.104. The van der Waals surface area contributed by atoms with Crippen molar-refractivity contribution < 1.29 is 9.59 Å². The Kier molecular flexibility index (Phi) is 9.84. The first-order valence-corrected chi connectivity index (χ1v) is 8.92. The van der Waals surface area contributed by atoms with Crippen molar-refractivity contribution in [2.24, 2.45) is 5.73 Å². The van der Waals surface area contributed by atoms with E-state index in [1.54, 1.807) is 11.0 Å². The third kappa shape index (κ3) is 7.25. The molecule has 2 amide bonds. The molecule has 136 valence electrons. The molecule has 0 bridgehead atoms. The van der Waals surface area contributed by atoms with Gasteiger partial charge in [0.2, 0.25) is 5.91 Å². The van der Waals surface area contributed by atoms with Gasteiger partial charge in [-0.2, -0.15) is 0 Å². The highest BCUT2D eigenvalue weighted by Crippen LogP contribution is 2.09. The zero-order valence-electron chi connectivity index (χ0n) is 14.0. The molecule has 0 aliphatic carbocycles. The topological polar surface area (TPSA) is 75.4 Å². The van der Waals surface area contributed by atoms with Crippen LogP contribution in [0, 0.1) is 0 Å². The molecule has 0 aliphatic rings. The maximum absolute atomic E-state index is 12.5. The summed E-state index contributed by atoms with van der Waals surface area (Å²) in [4.78, 5) is 26.8. The van der Waals surface area contributed by atoms with Crippen LogP contribution in [0.3, 0.4) is 0 Å². The lowest BCUT2D eigenvalue weighted by atomic mass is 10.2. The molecule has 1 aromatic carbocycles. The number of amides is 2. The number of thiophene rings is 1. The highest BCUT2D eigenvalue weighted by Gasteiger charge is 2.14. The van der Waals surface area contributed by atoms with Crippen molar-refractivity contribution >= 4 is 35.6 Å². The third-order valence-corrected chi connectivity index (χ3v) is 4.44. The van der Waals surface area contributed by atoms with E-state index in [0.717, 1.165) is 12.0 Å². The van der Waals surface area contributed by atoms with E-state index >= 15 is 0 Å². The van der Waals surface area contributed by atoms with Gasteiger partial charge in [-0.1, -0.05) is 36.4 Å². The van der Waals surface area contributed by atoms with Gasteiger partial charge < -0.3 is 16.0 Å². The normalized spacial score (nSPS) is 9.96. The Balaban J connectivity index is 0.00000312. The standard InChI is InChI=1S/C18H23N3O2S.ClH/c19-10-5-12-21(14-15-6-2-1-3-7-15)17(22)9-11-20-18(23)16-8-4-13-24-16;/h1-4,6-8,13H,5,9-12,14,19H2,(H,20,23);1H.